The Morgan fingerprint density at radius 1 is 1.00 bits per heavy atom. The van der Waals surface area contributed by atoms with Crippen LogP contribution in [0.5, 0.6) is 0 Å². The highest BCUT2D eigenvalue weighted by atomic mass is 35.5. The van der Waals surface area contributed by atoms with Crippen molar-refractivity contribution in [2.75, 3.05) is 6.54 Å². The molecule has 3 aromatic carbocycles. The maximum Gasteiger partial charge on any atom is 0.255 e. The number of hydrazone groups is 1. The van der Waals surface area contributed by atoms with Gasteiger partial charge in [0.2, 0.25) is 10.0 Å². The number of benzene rings is 3. The third kappa shape index (κ3) is 6.79. The van der Waals surface area contributed by atoms with E-state index in [2.05, 4.69) is 10.5 Å². The van der Waals surface area contributed by atoms with Gasteiger partial charge in [0.25, 0.3) is 5.91 Å². The lowest BCUT2D eigenvalue weighted by Crippen LogP contribution is -2.39. The molecule has 172 valence electrons. The number of aryl methyl sites for hydroxylation is 1. The second kappa shape index (κ2) is 11.1. The molecule has 0 saturated heterocycles. The molecule has 1 amide bonds. The largest absolute Gasteiger partial charge is 0.272 e. The molecule has 0 aliphatic rings. The topological polar surface area (TPSA) is 78.8 Å². The summed E-state index contributed by atoms with van der Waals surface area (Å²) in [6.07, 6.45) is 1.31. The van der Waals surface area contributed by atoms with Gasteiger partial charge in [-0.3, -0.25) is 4.79 Å². The minimum absolute atomic E-state index is 0.000115. The van der Waals surface area contributed by atoms with E-state index >= 15 is 0 Å². The van der Waals surface area contributed by atoms with Crippen molar-refractivity contribution in [3.8, 4) is 0 Å². The van der Waals surface area contributed by atoms with Gasteiger partial charge in [0, 0.05) is 17.1 Å². The van der Waals surface area contributed by atoms with Crippen LogP contribution in [0.1, 0.15) is 16.7 Å². The van der Waals surface area contributed by atoms with Crippen LogP contribution in [0.4, 0.5) is 0 Å². The molecule has 0 spiro atoms. The second-order valence-corrected chi connectivity index (χ2v) is 10.3. The van der Waals surface area contributed by atoms with Gasteiger partial charge in [0.1, 0.15) is 0 Å². The minimum atomic E-state index is -3.99. The molecule has 0 fully saturated rings. The first-order chi connectivity index (χ1) is 15.7. The van der Waals surface area contributed by atoms with Crippen molar-refractivity contribution < 1.29 is 13.2 Å². The Morgan fingerprint density at radius 2 is 1.64 bits per heavy atom. The molecule has 0 unspecified atom stereocenters. The van der Waals surface area contributed by atoms with Crippen LogP contribution in [0, 0.1) is 6.92 Å². The molecule has 3 rings (SSSR count). The molecular weight excluding hydrogens is 505 g/mol. The summed E-state index contributed by atoms with van der Waals surface area (Å²) in [5.74, 6) is -0.625. The molecule has 3 aromatic rings. The predicted molar refractivity (Wildman–Crippen MR) is 132 cm³/mol. The molecule has 0 aromatic heterocycles. The number of rotatable bonds is 8. The first kappa shape index (κ1) is 25.2. The van der Waals surface area contributed by atoms with E-state index in [-0.39, 0.29) is 11.4 Å². The molecule has 0 atom stereocenters. The van der Waals surface area contributed by atoms with Crippen LogP contribution in [0.15, 0.2) is 76.7 Å². The van der Waals surface area contributed by atoms with E-state index in [9.17, 15) is 13.2 Å². The average Bonchev–Trinajstić information content (AvgIpc) is 2.76. The Labute approximate surface area is 207 Å². The van der Waals surface area contributed by atoms with Crippen molar-refractivity contribution >= 4 is 56.9 Å². The van der Waals surface area contributed by atoms with E-state index in [1.165, 1.54) is 30.5 Å². The molecule has 0 aliphatic carbocycles. The van der Waals surface area contributed by atoms with Gasteiger partial charge in [-0.15, -0.1) is 0 Å². The van der Waals surface area contributed by atoms with Crippen molar-refractivity contribution in [2.45, 2.75) is 18.4 Å². The molecule has 6 nitrogen and oxygen atoms in total. The number of hydrogen-bond donors (Lipinski definition) is 1. The van der Waals surface area contributed by atoms with Gasteiger partial charge in [-0.2, -0.15) is 9.41 Å². The summed E-state index contributed by atoms with van der Waals surface area (Å²) in [4.78, 5) is 12.6. The van der Waals surface area contributed by atoms with Gasteiger partial charge in [0.05, 0.1) is 27.7 Å². The van der Waals surface area contributed by atoms with Crippen LogP contribution in [-0.4, -0.2) is 31.4 Å². The van der Waals surface area contributed by atoms with Crippen LogP contribution in [0.3, 0.4) is 0 Å². The van der Waals surface area contributed by atoms with E-state index in [4.69, 9.17) is 34.8 Å². The molecule has 0 saturated carbocycles. The molecule has 1 N–H and O–H groups in total. The fourth-order valence-corrected chi connectivity index (χ4v) is 5.00. The van der Waals surface area contributed by atoms with Crippen molar-refractivity contribution in [1.29, 1.82) is 0 Å². The maximum absolute atomic E-state index is 13.3. The van der Waals surface area contributed by atoms with Crippen LogP contribution in [0.25, 0.3) is 0 Å². The van der Waals surface area contributed by atoms with Gasteiger partial charge in [-0.1, -0.05) is 70.7 Å². The summed E-state index contributed by atoms with van der Waals surface area (Å²) in [6, 6.07) is 18.1. The number of halogens is 3. The number of nitrogens with zero attached hydrogens (tertiary/aromatic N) is 2. The lowest BCUT2D eigenvalue weighted by atomic mass is 10.1. The monoisotopic (exact) mass is 523 g/mol. The Balaban J connectivity index is 1.82. The first-order valence-corrected chi connectivity index (χ1v) is 12.3. The Bertz CT molecular complexity index is 1260. The zero-order valence-electron chi connectivity index (χ0n) is 17.5. The minimum Gasteiger partial charge on any atom is -0.272 e. The summed E-state index contributed by atoms with van der Waals surface area (Å²) in [5, 5.41) is 5.01. The zero-order valence-corrected chi connectivity index (χ0v) is 20.6. The van der Waals surface area contributed by atoms with Gasteiger partial charge < -0.3 is 0 Å². The number of carbonyl (C=O) groups is 1. The number of carbonyl (C=O) groups excluding carboxylic acids is 1. The lowest BCUT2D eigenvalue weighted by Gasteiger charge is -2.21. The quantitative estimate of drug-likeness (QED) is 0.321. The van der Waals surface area contributed by atoms with Crippen LogP contribution >= 0.6 is 34.8 Å². The molecule has 0 aliphatic heterocycles. The van der Waals surface area contributed by atoms with Crippen LogP contribution < -0.4 is 5.43 Å². The molecule has 0 heterocycles. The summed E-state index contributed by atoms with van der Waals surface area (Å²) >= 11 is 18.1. The van der Waals surface area contributed by atoms with E-state index in [1.807, 2.05) is 25.1 Å². The number of sulfonamides is 1. The van der Waals surface area contributed by atoms with E-state index < -0.39 is 22.5 Å². The lowest BCUT2D eigenvalue weighted by molar-refractivity contribution is -0.121. The van der Waals surface area contributed by atoms with Gasteiger partial charge >= 0.3 is 0 Å². The molecule has 0 bridgehead atoms. The highest BCUT2D eigenvalue weighted by Crippen LogP contribution is 2.22. The van der Waals surface area contributed by atoms with Crippen molar-refractivity contribution in [2.24, 2.45) is 5.10 Å². The number of hydrogen-bond acceptors (Lipinski definition) is 4. The second-order valence-electron chi connectivity index (χ2n) is 7.14. The van der Waals surface area contributed by atoms with Crippen molar-refractivity contribution in [3.63, 3.8) is 0 Å². The molecular formula is C23H20Cl3N3O3S. The van der Waals surface area contributed by atoms with Crippen LogP contribution in [0.2, 0.25) is 15.1 Å². The third-order valence-electron chi connectivity index (χ3n) is 4.60. The third-order valence-corrected chi connectivity index (χ3v) is 7.31. The molecule has 33 heavy (non-hydrogen) atoms. The number of amides is 1. The number of nitrogens with one attached hydrogen (secondary N) is 1. The van der Waals surface area contributed by atoms with Gasteiger partial charge in [-0.25, -0.2) is 13.8 Å². The van der Waals surface area contributed by atoms with Gasteiger partial charge in [0.15, 0.2) is 0 Å². The van der Waals surface area contributed by atoms with Crippen molar-refractivity contribution in [3.05, 3.63) is 98.5 Å². The first-order valence-electron chi connectivity index (χ1n) is 9.74. The highest BCUT2D eigenvalue weighted by Gasteiger charge is 2.27. The fourth-order valence-electron chi connectivity index (χ4n) is 2.99. The molecule has 0 radical (unpaired) electrons. The summed E-state index contributed by atoms with van der Waals surface area (Å²) in [7, 11) is -3.99. The highest BCUT2D eigenvalue weighted by molar-refractivity contribution is 7.89. The van der Waals surface area contributed by atoms with Crippen LogP contribution in [-0.2, 0) is 21.4 Å². The van der Waals surface area contributed by atoms with Crippen molar-refractivity contribution in [1.82, 2.24) is 9.73 Å². The predicted octanol–water partition coefficient (Wildman–Crippen LogP) is 5.30. The molecule has 10 heteroatoms. The Hall–Kier alpha value is -2.42. The SMILES string of the molecule is Cc1cccc(CN(CC(=O)N/N=C\c2c(Cl)cccc2Cl)S(=O)(=O)c2ccc(Cl)cc2)c1. The Kier molecular flexibility index (Phi) is 8.51. The summed E-state index contributed by atoms with van der Waals surface area (Å²) in [6.45, 7) is 1.45. The zero-order chi connectivity index (χ0) is 24.0. The maximum atomic E-state index is 13.3. The summed E-state index contributed by atoms with van der Waals surface area (Å²) < 4.78 is 27.6. The van der Waals surface area contributed by atoms with E-state index in [1.54, 1.807) is 24.3 Å². The average molecular weight is 525 g/mol. The van der Waals surface area contributed by atoms with Gasteiger partial charge in [-0.05, 0) is 48.9 Å². The Morgan fingerprint density at radius 3 is 2.27 bits per heavy atom. The summed E-state index contributed by atoms with van der Waals surface area (Å²) in [5.41, 5.74) is 4.48. The standard InChI is InChI=1S/C23H20Cl3N3O3S/c1-16-4-2-5-17(12-16)14-29(33(31,32)19-10-8-18(24)9-11-19)15-23(30)28-27-13-20-21(25)6-3-7-22(20)26/h2-13H,14-15H2,1H3,(H,28,30)/b27-13-. The van der Waals surface area contributed by atoms with E-state index in [0.717, 1.165) is 15.4 Å². The fraction of sp³-hybridized carbons (Fsp3) is 0.130. The van der Waals surface area contributed by atoms with E-state index in [0.29, 0.717) is 20.6 Å². The normalized spacial score (nSPS) is 11.8. The smallest absolute Gasteiger partial charge is 0.255 e.